The van der Waals surface area contributed by atoms with Crippen molar-refractivity contribution in [3.63, 3.8) is 0 Å². The SMILES string of the molecule is CCOC(=O)CCNc1nc2ccc(C(=O)OCC)cc2[nH]1. The van der Waals surface area contributed by atoms with E-state index in [2.05, 4.69) is 15.3 Å². The Kier molecular flexibility index (Phi) is 5.35. The van der Waals surface area contributed by atoms with Crippen molar-refractivity contribution in [3.8, 4) is 0 Å². The summed E-state index contributed by atoms with van der Waals surface area (Å²) in [5, 5.41) is 3.01. The minimum atomic E-state index is -0.365. The van der Waals surface area contributed by atoms with Gasteiger partial charge in [-0.15, -0.1) is 0 Å². The van der Waals surface area contributed by atoms with Crippen molar-refractivity contribution < 1.29 is 19.1 Å². The maximum atomic E-state index is 11.7. The number of carbonyl (C=O) groups excluding carboxylic acids is 2. The van der Waals surface area contributed by atoms with Gasteiger partial charge in [0.1, 0.15) is 0 Å². The van der Waals surface area contributed by atoms with Crippen LogP contribution >= 0.6 is 0 Å². The van der Waals surface area contributed by atoms with Gasteiger partial charge >= 0.3 is 11.9 Å². The van der Waals surface area contributed by atoms with Crippen LogP contribution < -0.4 is 5.32 Å². The van der Waals surface area contributed by atoms with E-state index < -0.39 is 0 Å². The van der Waals surface area contributed by atoms with E-state index in [-0.39, 0.29) is 18.4 Å². The van der Waals surface area contributed by atoms with Gasteiger partial charge in [0, 0.05) is 6.54 Å². The van der Waals surface area contributed by atoms with Crippen molar-refractivity contribution in [3.05, 3.63) is 23.8 Å². The van der Waals surface area contributed by atoms with Crippen LogP contribution in [-0.2, 0) is 14.3 Å². The Hall–Kier alpha value is -2.57. The molecule has 0 unspecified atom stereocenters. The molecule has 118 valence electrons. The number of imidazole rings is 1. The Morgan fingerprint density at radius 1 is 1.23 bits per heavy atom. The van der Waals surface area contributed by atoms with E-state index in [9.17, 15) is 9.59 Å². The molecule has 22 heavy (non-hydrogen) atoms. The van der Waals surface area contributed by atoms with Crippen LogP contribution in [0, 0.1) is 0 Å². The molecule has 0 radical (unpaired) electrons. The van der Waals surface area contributed by atoms with Crippen molar-refractivity contribution in [1.82, 2.24) is 9.97 Å². The number of H-pyrrole nitrogens is 1. The molecular formula is C15H19N3O4. The van der Waals surface area contributed by atoms with E-state index in [4.69, 9.17) is 9.47 Å². The highest BCUT2D eigenvalue weighted by molar-refractivity contribution is 5.94. The molecule has 1 aromatic carbocycles. The number of aromatic amines is 1. The predicted octanol–water partition coefficient (Wildman–Crippen LogP) is 2.10. The first kappa shape index (κ1) is 15.8. The summed E-state index contributed by atoms with van der Waals surface area (Å²) in [4.78, 5) is 30.3. The van der Waals surface area contributed by atoms with Crippen LogP contribution in [0.15, 0.2) is 18.2 Å². The highest BCUT2D eigenvalue weighted by Gasteiger charge is 2.10. The maximum Gasteiger partial charge on any atom is 0.338 e. The van der Waals surface area contributed by atoms with E-state index >= 15 is 0 Å². The van der Waals surface area contributed by atoms with Crippen LogP contribution in [0.5, 0.6) is 0 Å². The number of esters is 2. The van der Waals surface area contributed by atoms with Gasteiger partial charge in [-0.2, -0.15) is 0 Å². The number of ether oxygens (including phenoxy) is 2. The second kappa shape index (κ2) is 7.44. The average molecular weight is 305 g/mol. The Morgan fingerprint density at radius 2 is 2.00 bits per heavy atom. The van der Waals surface area contributed by atoms with E-state index in [1.165, 1.54) is 0 Å². The lowest BCUT2D eigenvalue weighted by Gasteiger charge is -2.02. The highest BCUT2D eigenvalue weighted by Crippen LogP contribution is 2.16. The maximum absolute atomic E-state index is 11.7. The molecule has 0 spiro atoms. The minimum Gasteiger partial charge on any atom is -0.466 e. The summed E-state index contributed by atoms with van der Waals surface area (Å²) in [5.41, 5.74) is 1.92. The van der Waals surface area contributed by atoms with Gasteiger partial charge in [-0.1, -0.05) is 0 Å². The summed E-state index contributed by atoms with van der Waals surface area (Å²) in [6, 6.07) is 5.11. The third-order valence-corrected chi connectivity index (χ3v) is 2.92. The molecule has 2 rings (SSSR count). The van der Waals surface area contributed by atoms with Gasteiger partial charge in [0.2, 0.25) is 5.95 Å². The van der Waals surface area contributed by atoms with Gasteiger partial charge in [-0.05, 0) is 32.0 Å². The number of benzene rings is 1. The Labute approximate surface area is 128 Å². The highest BCUT2D eigenvalue weighted by atomic mass is 16.5. The van der Waals surface area contributed by atoms with Crippen molar-refractivity contribution in [2.24, 2.45) is 0 Å². The number of anilines is 1. The molecule has 0 bridgehead atoms. The molecule has 0 aliphatic rings. The number of fused-ring (bicyclic) bond motifs is 1. The fourth-order valence-corrected chi connectivity index (χ4v) is 1.95. The van der Waals surface area contributed by atoms with Gasteiger partial charge < -0.3 is 19.8 Å². The first-order valence-electron chi connectivity index (χ1n) is 7.20. The summed E-state index contributed by atoms with van der Waals surface area (Å²) < 4.78 is 9.80. The van der Waals surface area contributed by atoms with Crippen LogP contribution in [0.1, 0.15) is 30.6 Å². The zero-order valence-electron chi connectivity index (χ0n) is 12.6. The number of hydrogen-bond acceptors (Lipinski definition) is 6. The van der Waals surface area contributed by atoms with Gasteiger partial charge in [0.15, 0.2) is 0 Å². The van der Waals surface area contributed by atoms with E-state index in [0.717, 1.165) is 11.0 Å². The number of hydrogen-bond donors (Lipinski definition) is 2. The molecule has 0 amide bonds. The molecule has 0 saturated heterocycles. The number of rotatable bonds is 7. The number of carbonyl (C=O) groups is 2. The van der Waals surface area contributed by atoms with Crippen LogP contribution in [0.4, 0.5) is 5.95 Å². The quantitative estimate of drug-likeness (QED) is 0.761. The molecule has 2 N–H and O–H groups in total. The molecule has 1 heterocycles. The van der Waals surface area contributed by atoms with E-state index in [1.807, 2.05) is 0 Å². The third kappa shape index (κ3) is 3.97. The first-order valence-corrected chi connectivity index (χ1v) is 7.20. The molecule has 2 aromatic rings. The molecule has 0 atom stereocenters. The van der Waals surface area contributed by atoms with Crippen molar-refractivity contribution >= 4 is 28.9 Å². The Balaban J connectivity index is 2.01. The van der Waals surface area contributed by atoms with E-state index in [1.54, 1.807) is 32.0 Å². The molecule has 0 fully saturated rings. The summed E-state index contributed by atoms with van der Waals surface area (Å²) in [6.07, 6.45) is 0.263. The summed E-state index contributed by atoms with van der Waals surface area (Å²) >= 11 is 0. The molecular weight excluding hydrogens is 286 g/mol. The monoisotopic (exact) mass is 305 g/mol. The van der Waals surface area contributed by atoms with Gasteiger partial charge in [-0.3, -0.25) is 4.79 Å². The van der Waals surface area contributed by atoms with Gasteiger partial charge in [-0.25, -0.2) is 9.78 Å². The van der Waals surface area contributed by atoms with E-state index in [0.29, 0.717) is 31.3 Å². The zero-order chi connectivity index (χ0) is 15.9. The lowest BCUT2D eigenvalue weighted by Crippen LogP contribution is -2.11. The largest absolute Gasteiger partial charge is 0.466 e. The first-order chi connectivity index (χ1) is 10.6. The molecule has 0 aliphatic carbocycles. The molecule has 7 nitrogen and oxygen atoms in total. The summed E-state index contributed by atoms with van der Waals surface area (Å²) in [6.45, 7) is 4.66. The van der Waals surface area contributed by atoms with Crippen molar-refractivity contribution in [2.45, 2.75) is 20.3 Å². The number of aromatic nitrogens is 2. The van der Waals surface area contributed by atoms with Gasteiger partial charge in [0.25, 0.3) is 0 Å². The molecule has 0 aliphatic heterocycles. The smallest absolute Gasteiger partial charge is 0.338 e. The number of nitrogens with one attached hydrogen (secondary N) is 2. The zero-order valence-corrected chi connectivity index (χ0v) is 12.6. The Morgan fingerprint density at radius 3 is 2.73 bits per heavy atom. The van der Waals surface area contributed by atoms with Crippen LogP contribution in [0.25, 0.3) is 11.0 Å². The second-order valence-corrected chi connectivity index (χ2v) is 4.52. The van der Waals surface area contributed by atoms with Crippen LogP contribution in [0.2, 0.25) is 0 Å². The topological polar surface area (TPSA) is 93.3 Å². The standard InChI is InChI=1S/C15H19N3O4/c1-3-21-13(19)7-8-16-15-17-11-6-5-10(9-12(11)18-15)14(20)22-4-2/h5-6,9H,3-4,7-8H2,1-2H3,(H2,16,17,18). The van der Waals surface area contributed by atoms with Crippen molar-refractivity contribution in [2.75, 3.05) is 25.1 Å². The fraction of sp³-hybridized carbons (Fsp3) is 0.400. The number of nitrogens with zero attached hydrogens (tertiary/aromatic N) is 1. The van der Waals surface area contributed by atoms with Crippen molar-refractivity contribution in [1.29, 1.82) is 0 Å². The normalized spacial score (nSPS) is 10.5. The van der Waals surface area contributed by atoms with Crippen LogP contribution in [0.3, 0.4) is 0 Å². The lowest BCUT2D eigenvalue weighted by atomic mass is 10.2. The summed E-state index contributed by atoms with van der Waals surface area (Å²) in [5.74, 6) is -0.0770. The summed E-state index contributed by atoms with van der Waals surface area (Å²) in [7, 11) is 0. The second-order valence-electron chi connectivity index (χ2n) is 4.52. The minimum absolute atomic E-state index is 0.254. The third-order valence-electron chi connectivity index (χ3n) is 2.92. The molecule has 1 aromatic heterocycles. The molecule has 0 saturated carbocycles. The lowest BCUT2D eigenvalue weighted by molar-refractivity contribution is -0.142. The van der Waals surface area contributed by atoms with Crippen LogP contribution in [-0.4, -0.2) is 41.7 Å². The predicted molar refractivity (Wildman–Crippen MR) is 81.8 cm³/mol. The Bertz CT molecular complexity index is 666. The molecule has 7 heteroatoms. The average Bonchev–Trinajstić information content (AvgIpc) is 2.89. The fourth-order valence-electron chi connectivity index (χ4n) is 1.95. The van der Waals surface area contributed by atoms with Gasteiger partial charge in [0.05, 0.1) is 36.2 Å².